The maximum atomic E-state index is 12.4. The molecule has 0 spiro atoms. The van der Waals surface area contributed by atoms with E-state index in [0.29, 0.717) is 28.6 Å². The van der Waals surface area contributed by atoms with Crippen LogP contribution in [0, 0.1) is 12.8 Å². The SMILES string of the molecule is CCCCOC(=O)c1ccc(NC(=O)COC(=O)[C@H]2CC(=O)N(c3cccc(Cl)c3C)C2)cc1. The molecule has 2 aromatic carbocycles. The van der Waals surface area contributed by atoms with Crippen molar-refractivity contribution in [2.75, 3.05) is 30.0 Å². The van der Waals surface area contributed by atoms with Crippen molar-refractivity contribution in [2.24, 2.45) is 5.92 Å². The second-order valence-electron chi connectivity index (χ2n) is 8.01. The van der Waals surface area contributed by atoms with Gasteiger partial charge in [-0.15, -0.1) is 0 Å². The number of nitrogens with zero attached hydrogens (tertiary/aromatic N) is 1. The third-order valence-corrected chi connectivity index (χ3v) is 5.88. The minimum atomic E-state index is -0.670. The molecule has 2 aromatic rings. The maximum Gasteiger partial charge on any atom is 0.338 e. The van der Waals surface area contributed by atoms with Gasteiger partial charge in [-0.2, -0.15) is 0 Å². The van der Waals surface area contributed by atoms with Crippen LogP contribution in [0.3, 0.4) is 0 Å². The van der Waals surface area contributed by atoms with Crippen molar-refractivity contribution in [3.63, 3.8) is 0 Å². The summed E-state index contributed by atoms with van der Waals surface area (Å²) in [5.41, 5.74) is 2.24. The van der Waals surface area contributed by atoms with Gasteiger partial charge in [0.2, 0.25) is 5.91 Å². The van der Waals surface area contributed by atoms with Crippen molar-refractivity contribution in [3.8, 4) is 0 Å². The van der Waals surface area contributed by atoms with Gasteiger partial charge in [-0.3, -0.25) is 14.4 Å². The predicted molar refractivity (Wildman–Crippen MR) is 128 cm³/mol. The summed E-state index contributed by atoms with van der Waals surface area (Å²) >= 11 is 6.14. The fourth-order valence-electron chi connectivity index (χ4n) is 3.52. The highest BCUT2D eigenvalue weighted by Crippen LogP contribution is 2.31. The molecule has 0 radical (unpaired) electrons. The standard InChI is InChI=1S/C25H27ClN2O6/c1-3-4-12-33-24(31)17-8-10-19(11-9-17)27-22(29)15-34-25(32)18-13-23(30)28(14-18)21-7-5-6-20(26)16(21)2/h5-11,18H,3-4,12-15H2,1-2H3,(H,27,29)/t18-/m0/s1. The summed E-state index contributed by atoms with van der Waals surface area (Å²) in [5, 5.41) is 3.14. The molecule has 0 saturated carbocycles. The second-order valence-corrected chi connectivity index (χ2v) is 8.42. The summed E-state index contributed by atoms with van der Waals surface area (Å²) in [6.45, 7) is 3.86. The number of halogens is 1. The lowest BCUT2D eigenvalue weighted by Gasteiger charge is -2.19. The molecule has 0 unspecified atom stereocenters. The summed E-state index contributed by atoms with van der Waals surface area (Å²) in [6, 6.07) is 11.5. The number of hydrogen-bond acceptors (Lipinski definition) is 6. The van der Waals surface area contributed by atoms with Crippen molar-refractivity contribution < 1.29 is 28.7 Å². The molecule has 1 atom stereocenters. The number of unbranched alkanes of at least 4 members (excludes halogenated alkanes) is 1. The molecule has 9 heteroatoms. The molecular weight excluding hydrogens is 460 g/mol. The van der Waals surface area contributed by atoms with Gasteiger partial charge in [-0.25, -0.2) is 4.79 Å². The fraction of sp³-hybridized carbons (Fsp3) is 0.360. The van der Waals surface area contributed by atoms with Crippen LogP contribution in [0.15, 0.2) is 42.5 Å². The zero-order chi connectivity index (χ0) is 24.7. The highest BCUT2D eigenvalue weighted by molar-refractivity contribution is 6.31. The lowest BCUT2D eigenvalue weighted by Crippen LogP contribution is -2.28. The Bertz CT molecular complexity index is 1070. The number of rotatable bonds is 9. The number of esters is 2. The number of ether oxygens (including phenoxy) is 2. The van der Waals surface area contributed by atoms with E-state index in [1.165, 1.54) is 4.90 Å². The average Bonchev–Trinajstić information content (AvgIpc) is 3.21. The molecule has 0 bridgehead atoms. The van der Waals surface area contributed by atoms with Crippen LogP contribution >= 0.6 is 11.6 Å². The molecule has 1 aliphatic heterocycles. The Kier molecular flexibility index (Phi) is 8.65. The predicted octanol–water partition coefficient (Wildman–Crippen LogP) is 4.14. The first-order valence-electron chi connectivity index (χ1n) is 11.1. The van der Waals surface area contributed by atoms with Gasteiger partial charge in [0, 0.05) is 29.4 Å². The van der Waals surface area contributed by atoms with E-state index in [0.717, 1.165) is 18.4 Å². The lowest BCUT2D eigenvalue weighted by molar-refractivity contribution is -0.151. The van der Waals surface area contributed by atoms with Crippen LogP contribution in [0.2, 0.25) is 5.02 Å². The first-order chi connectivity index (χ1) is 16.3. The van der Waals surface area contributed by atoms with Gasteiger partial charge >= 0.3 is 11.9 Å². The smallest absolute Gasteiger partial charge is 0.338 e. The Morgan fingerprint density at radius 2 is 1.85 bits per heavy atom. The van der Waals surface area contributed by atoms with E-state index >= 15 is 0 Å². The highest BCUT2D eigenvalue weighted by Gasteiger charge is 2.37. The number of amides is 2. The van der Waals surface area contributed by atoms with Gasteiger partial charge < -0.3 is 19.7 Å². The van der Waals surface area contributed by atoms with Gasteiger partial charge in [0.25, 0.3) is 5.91 Å². The molecule has 1 saturated heterocycles. The number of benzene rings is 2. The van der Waals surface area contributed by atoms with Gasteiger partial charge in [0.05, 0.1) is 18.1 Å². The van der Waals surface area contributed by atoms with E-state index in [1.54, 1.807) is 42.5 Å². The lowest BCUT2D eigenvalue weighted by atomic mass is 10.1. The molecule has 1 N–H and O–H groups in total. The van der Waals surface area contributed by atoms with Gasteiger partial charge in [-0.05, 0) is 55.3 Å². The van der Waals surface area contributed by atoms with E-state index in [9.17, 15) is 19.2 Å². The minimum Gasteiger partial charge on any atom is -0.462 e. The van der Waals surface area contributed by atoms with Crippen molar-refractivity contribution >= 4 is 46.7 Å². The molecule has 1 aliphatic rings. The van der Waals surface area contributed by atoms with Crippen molar-refractivity contribution in [3.05, 3.63) is 58.6 Å². The van der Waals surface area contributed by atoms with E-state index in [1.807, 2.05) is 13.8 Å². The monoisotopic (exact) mass is 486 g/mol. The molecular formula is C25H27ClN2O6. The molecule has 1 fully saturated rings. The Labute approximate surface area is 203 Å². The summed E-state index contributed by atoms with van der Waals surface area (Å²) in [6.07, 6.45) is 1.73. The van der Waals surface area contributed by atoms with Gasteiger partial charge in [0.1, 0.15) is 0 Å². The molecule has 8 nitrogen and oxygen atoms in total. The van der Waals surface area contributed by atoms with Crippen LogP contribution in [0.25, 0.3) is 0 Å². The number of hydrogen-bond donors (Lipinski definition) is 1. The first kappa shape index (κ1) is 25.2. The maximum absolute atomic E-state index is 12.4. The summed E-state index contributed by atoms with van der Waals surface area (Å²) < 4.78 is 10.3. The van der Waals surface area contributed by atoms with E-state index in [4.69, 9.17) is 21.1 Å². The number of nitrogens with one attached hydrogen (secondary N) is 1. The van der Waals surface area contributed by atoms with E-state index in [-0.39, 0.29) is 18.9 Å². The first-order valence-corrected chi connectivity index (χ1v) is 11.5. The van der Waals surface area contributed by atoms with Crippen LogP contribution in [0.4, 0.5) is 11.4 Å². The average molecular weight is 487 g/mol. The third-order valence-electron chi connectivity index (χ3n) is 5.47. The molecule has 1 heterocycles. The Morgan fingerprint density at radius 1 is 1.12 bits per heavy atom. The molecule has 34 heavy (non-hydrogen) atoms. The minimum absolute atomic E-state index is 0.00221. The fourth-order valence-corrected chi connectivity index (χ4v) is 3.69. The normalized spacial score (nSPS) is 15.2. The highest BCUT2D eigenvalue weighted by atomic mass is 35.5. The van der Waals surface area contributed by atoms with Crippen LogP contribution in [-0.4, -0.2) is 43.5 Å². The zero-order valence-corrected chi connectivity index (χ0v) is 19.9. The van der Waals surface area contributed by atoms with E-state index in [2.05, 4.69) is 5.32 Å². The summed E-state index contributed by atoms with van der Waals surface area (Å²) in [7, 11) is 0. The zero-order valence-electron chi connectivity index (χ0n) is 19.1. The Hall–Kier alpha value is -3.39. The molecule has 0 aromatic heterocycles. The number of carbonyl (C=O) groups excluding carboxylic acids is 4. The van der Waals surface area contributed by atoms with Crippen molar-refractivity contribution in [1.82, 2.24) is 0 Å². The van der Waals surface area contributed by atoms with Crippen LogP contribution in [0.1, 0.15) is 42.1 Å². The van der Waals surface area contributed by atoms with Crippen molar-refractivity contribution in [2.45, 2.75) is 33.1 Å². The topological polar surface area (TPSA) is 102 Å². The van der Waals surface area contributed by atoms with Gasteiger partial charge in [0.15, 0.2) is 6.61 Å². The van der Waals surface area contributed by atoms with Crippen LogP contribution < -0.4 is 10.2 Å². The molecule has 180 valence electrons. The van der Waals surface area contributed by atoms with E-state index < -0.39 is 30.4 Å². The Morgan fingerprint density at radius 3 is 2.56 bits per heavy atom. The summed E-state index contributed by atoms with van der Waals surface area (Å²) in [5.74, 6) is -2.44. The molecule has 0 aliphatic carbocycles. The number of carbonyl (C=O) groups is 4. The largest absolute Gasteiger partial charge is 0.462 e. The number of anilines is 2. The van der Waals surface area contributed by atoms with Crippen LogP contribution in [0.5, 0.6) is 0 Å². The summed E-state index contributed by atoms with van der Waals surface area (Å²) in [4.78, 5) is 50.5. The van der Waals surface area contributed by atoms with Crippen molar-refractivity contribution in [1.29, 1.82) is 0 Å². The quantitative estimate of drug-likeness (QED) is 0.422. The Balaban J connectivity index is 1.48. The molecule has 3 rings (SSSR count). The molecule has 2 amide bonds. The van der Waals surface area contributed by atoms with Crippen LogP contribution in [-0.2, 0) is 23.9 Å². The second kappa shape index (κ2) is 11.7. The third kappa shape index (κ3) is 6.35. The van der Waals surface area contributed by atoms with Gasteiger partial charge in [-0.1, -0.05) is 31.0 Å².